The van der Waals surface area contributed by atoms with E-state index in [4.69, 9.17) is 10.3 Å². The van der Waals surface area contributed by atoms with E-state index in [1.165, 1.54) is 29.2 Å². The monoisotopic (exact) mass is 382 g/mol. The van der Waals surface area contributed by atoms with Crippen molar-refractivity contribution in [3.63, 3.8) is 0 Å². The first kappa shape index (κ1) is 20.2. The zero-order valence-corrected chi connectivity index (χ0v) is 15.4. The van der Waals surface area contributed by atoms with Crippen molar-refractivity contribution in [2.45, 2.75) is 31.1 Å². The Bertz CT molecular complexity index is 911. The van der Waals surface area contributed by atoms with Gasteiger partial charge in [-0.2, -0.15) is 0 Å². The molecule has 0 bridgehead atoms. The molecule has 1 aliphatic carbocycles. The predicted octanol–water partition coefficient (Wildman–Crippen LogP) is -0.473. The van der Waals surface area contributed by atoms with Crippen molar-refractivity contribution in [2.75, 3.05) is 12.9 Å². The van der Waals surface area contributed by atoms with Gasteiger partial charge in [-0.05, 0) is 31.7 Å². The van der Waals surface area contributed by atoms with Gasteiger partial charge >= 0.3 is 0 Å². The van der Waals surface area contributed by atoms with Crippen LogP contribution in [0.5, 0.6) is 0 Å². The molecule has 0 spiro atoms. The molecule has 8 nitrogen and oxygen atoms in total. The van der Waals surface area contributed by atoms with Crippen LogP contribution in [0.15, 0.2) is 23.1 Å². The molecular weight excluding hydrogens is 360 g/mol. The first-order valence-corrected chi connectivity index (χ1v) is 9.98. The third-order valence-corrected chi connectivity index (χ3v) is 6.81. The normalized spacial score (nSPS) is 21.2. The fraction of sp³-hybridized carbons (Fsp3) is 0.529. The maximum absolute atomic E-state index is 12.2. The maximum atomic E-state index is 12.2. The molecule has 3 atom stereocenters. The molecule has 1 aromatic rings. The molecule has 1 saturated carbocycles. The molecule has 1 heterocycles. The van der Waals surface area contributed by atoms with Gasteiger partial charge in [-0.25, -0.2) is 13.9 Å². The van der Waals surface area contributed by atoms with Crippen molar-refractivity contribution in [2.24, 2.45) is 11.8 Å². The van der Waals surface area contributed by atoms with E-state index < -0.39 is 20.5 Å². The highest BCUT2D eigenvalue weighted by molar-refractivity contribution is 7.92. The van der Waals surface area contributed by atoms with Crippen molar-refractivity contribution in [3.8, 4) is 11.8 Å². The number of nitrogens with zero attached hydrogens (tertiary/aromatic N) is 1. The van der Waals surface area contributed by atoms with Gasteiger partial charge in [0.2, 0.25) is 0 Å². The quantitative estimate of drug-likeness (QED) is 0.347. The fourth-order valence-corrected chi connectivity index (χ4v) is 3.34. The Labute approximate surface area is 151 Å². The number of aromatic nitrogens is 1. The number of hydrogen-bond donors (Lipinski definition) is 3. The summed E-state index contributed by atoms with van der Waals surface area (Å²) >= 11 is 0. The molecule has 0 aromatic carbocycles. The van der Waals surface area contributed by atoms with Crippen LogP contribution in [0.1, 0.15) is 25.3 Å². The Morgan fingerprint density at radius 3 is 2.69 bits per heavy atom. The second-order valence-corrected chi connectivity index (χ2v) is 9.14. The largest absolute Gasteiger partial charge is 0.396 e. The number of pyridine rings is 1. The van der Waals surface area contributed by atoms with Gasteiger partial charge in [0.25, 0.3) is 11.5 Å². The second-order valence-electron chi connectivity index (χ2n) is 6.70. The van der Waals surface area contributed by atoms with Gasteiger partial charge in [0.1, 0.15) is 0 Å². The topological polar surface area (TPSA) is 126 Å². The predicted molar refractivity (Wildman–Crippen MR) is 94.1 cm³/mol. The Balaban J connectivity index is 2.13. The molecule has 1 unspecified atom stereocenters. The summed E-state index contributed by atoms with van der Waals surface area (Å²) in [6.07, 6.45) is 3.07. The lowest BCUT2D eigenvalue weighted by molar-refractivity contribution is -0.131. The molecule has 9 heteroatoms. The van der Waals surface area contributed by atoms with Gasteiger partial charge in [0.15, 0.2) is 14.6 Å². The van der Waals surface area contributed by atoms with Gasteiger partial charge < -0.3 is 9.67 Å². The number of carbonyl (C=O) groups is 1. The lowest BCUT2D eigenvalue weighted by atomic mass is 10.1. The Kier molecular flexibility index (Phi) is 5.91. The van der Waals surface area contributed by atoms with Gasteiger partial charge in [-0.3, -0.25) is 14.8 Å². The molecule has 142 valence electrons. The summed E-state index contributed by atoms with van der Waals surface area (Å²) in [4.78, 5) is 24.0. The molecule has 3 N–H and O–H groups in total. The number of rotatable bonds is 6. The molecule has 1 aliphatic rings. The van der Waals surface area contributed by atoms with E-state index >= 15 is 0 Å². The first-order chi connectivity index (χ1) is 12.1. The van der Waals surface area contributed by atoms with E-state index in [2.05, 4.69) is 11.8 Å². The summed E-state index contributed by atoms with van der Waals surface area (Å²) in [6.45, 7) is 1.30. The molecule has 26 heavy (non-hydrogen) atoms. The number of aliphatic hydroxyl groups excluding tert-OH is 1. The van der Waals surface area contributed by atoms with E-state index in [0.717, 1.165) is 12.7 Å². The van der Waals surface area contributed by atoms with Crippen molar-refractivity contribution in [1.82, 2.24) is 10.0 Å². The van der Waals surface area contributed by atoms with Crippen LogP contribution in [0, 0.1) is 23.7 Å². The minimum absolute atomic E-state index is 0.0151. The van der Waals surface area contributed by atoms with Crippen LogP contribution < -0.4 is 11.0 Å². The highest BCUT2D eigenvalue weighted by Gasteiger charge is 2.43. The van der Waals surface area contributed by atoms with Crippen LogP contribution in [0.4, 0.5) is 0 Å². The number of aryl methyl sites for hydroxylation is 1. The Hall–Kier alpha value is -2.15. The summed E-state index contributed by atoms with van der Waals surface area (Å²) in [5.74, 6) is 5.23. The summed E-state index contributed by atoms with van der Waals surface area (Å²) in [5, 5.41) is 17.8. The first-order valence-electron chi connectivity index (χ1n) is 8.09. The third-order valence-electron chi connectivity index (χ3n) is 4.79. The highest BCUT2D eigenvalue weighted by atomic mass is 32.2. The van der Waals surface area contributed by atoms with Crippen molar-refractivity contribution in [1.29, 1.82) is 0 Å². The van der Waals surface area contributed by atoms with Gasteiger partial charge in [0.05, 0.1) is 0 Å². The summed E-state index contributed by atoms with van der Waals surface area (Å²) in [5.41, 5.74) is 1.54. The van der Waals surface area contributed by atoms with Crippen LogP contribution in [0.2, 0.25) is 0 Å². The van der Waals surface area contributed by atoms with Crippen LogP contribution in [-0.2, 0) is 21.2 Å². The zero-order valence-electron chi connectivity index (χ0n) is 14.6. The molecule has 1 fully saturated rings. The molecule has 1 amide bonds. The lowest BCUT2D eigenvalue weighted by Crippen LogP contribution is -2.49. The SMILES string of the molecule is CC(CCn1ccc(C#C[C@H]2C[C@@H]2CO)cc1=O)(C(=O)NO)S(C)(=O)=O. The minimum Gasteiger partial charge on any atom is -0.396 e. The molecule has 0 saturated heterocycles. The average molecular weight is 382 g/mol. The molecule has 0 aliphatic heterocycles. The Morgan fingerprint density at radius 2 is 2.19 bits per heavy atom. The number of aliphatic hydroxyl groups is 1. The third kappa shape index (κ3) is 4.33. The molecular formula is C17H22N2O6S. The number of amides is 1. The number of carbonyl (C=O) groups excluding carboxylic acids is 1. The van der Waals surface area contributed by atoms with Gasteiger partial charge in [-0.1, -0.05) is 11.8 Å². The minimum atomic E-state index is -3.82. The van der Waals surface area contributed by atoms with E-state index in [1.54, 1.807) is 6.07 Å². The average Bonchev–Trinajstić information content (AvgIpc) is 3.35. The lowest BCUT2D eigenvalue weighted by Gasteiger charge is -2.25. The zero-order chi connectivity index (χ0) is 19.5. The second kappa shape index (κ2) is 7.61. The van der Waals surface area contributed by atoms with E-state index in [0.29, 0.717) is 5.56 Å². The van der Waals surface area contributed by atoms with Gasteiger partial charge in [-0.15, -0.1) is 0 Å². The van der Waals surface area contributed by atoms with Crippen LogP contribution >= 0.6 is 0 Å². The van der Waals surface area contributed by atoms with Crippen LogP contribution in [-0.4, -0.2) is 46.8 Å². The van der Waals surface area contributed by atoms with Crippen molar-refractivity contribution in [3.05, 3.63) is 34.2 Å². The van der Waals surface area contributed by atoms with Crippen LogP contribution in [0.25, 0.3) is 0 Å². The highest BCUT2D eigenvalue weighted by Crippen LogP contribution is 2.36. The summed E-state index contributed by atoms with van der Waals surface area (Å²) in [6, 6.07) is 2.97. The molecule has 2 rings (SSSR count). The van der Waals surface area contributed by atoms with E-state index in [-0.39, 0.29) is 37.0 Å². The van der Waals surface area contributed by atoms with Crippen molar-refractivity contribution >= 4 is 15.7 Å². The van der Waals surface area contributed by atoms with Crippen LogP contribution in [0.3, 0.4) is 0 Å². The summed E-state index contributed by atoms with van der Waals surface area (Å²) in [7, 11) is -3.82. The maximum Gasteiger partial charge on any atom is 0.264 e. The Morgan fingerprint density at radius 1 is 1.50 bits per heavy atom. The smallest absolute Gasteiger partial charge is 0.264 e. The van der Waals surface area contributed by atoms with Crippen molar-refractivity contribution < 1.29 is 23.5 Å². The summed E-state index contributed by atoms with van der Waals surface area (Å²) < 4.78 is 23.3. The number of hydroxylamine groups is 1. The molecule has 1 aromatic heterocycles. The number of nitrogens with one attached hydrogen (secondary N) is 1. The standard InChI is InChI=1S/C17H22N2O6S/c1-17(16(22)18-23,26(2,24)25)6-8-19-7-5-12(9-15(19)21)3-4-13-10-14(13)11-20/h5,7,9,13-14,20,23H,6,8,10-11H2,1-2H3,(H,18,22)/t13-,14+,17?/m0/s1. The molecule has 0 radical (unpaired) electrons. The number of hydrogen-bond acceptors (Lipinski definition) is 6. The van der Waals surface area contributed by atoms with E-state index in [9.17, 15) is 18.0 Å². The number of sulfone groups is 1. The van der Waals surface area contributed by atoms with Gasteiger partial charge in [0, 0.05) is 43.2 Å². The van der Waals surface area contributed by atoms with E-state index in [1.807, 2.05) is 0 Å². The fourth-order valence-electron chi connectivity index (χ4n) is 2.49.